The van der Waals surface area contributed by atoms with Crippen molar-refractivity contribution in [3.05, 3.63) is 0 Å². The van der Waals surface area contributed by atoms with Crippen LogP contribution in [0, 0.1) is 16.7 Å². The molecule has 1 heteroatoms. The maximum atomic E-state index is 9.97. The Balaban J connectivity index is 2.61. The Morgan fingerprint density at radius 3 is 2.15 bits per heavy atom. The summed E-state index contributed by atoms with van der Waals surface area (Å²) in [7, 11) is 0. The molecule has 1 fully saturated rings. The summed E-state index contributed by atoms with van der Waals surface area (Å²) in [6.45, 7) is 11.2. The molecular weight excluding hydrogens is 160 g/mol. The van der Waals surface area contributed by atoms with Crippen molar-refractivity contribution in [2.75, 3.05) is 0 Å². The van der Waals surface area contributed by atoms with Crippen LogP contribution in [0.25, 0.3) is 0 Å². The van der Waals surface area contributed by atoms with Crippen LogP contribution < -0.4 is 0 Å². The maximum absolute atomic E-state index is 9.97. The van der Waals surface area contributed by atoms with E-state index in [1.807, 2.05) is 0 Å². The average Bonchev–Trinajstić information content (AvgIpc) is 1.92. The highest BCUT2D eigenvalue weighted by atomic mass is 16.3. The number of aliphatic hydroxyl groups excluding tert-OH is 1. The van der Waals surface area contributed by atoms with Gasteiger partial charge in [0.15, 0.2) is 0 Å². The predicted molar refractivity (Wildman–Crippen MR) is 56.6 cm³/mol. The molecule has 0 aromatic heterocycles. The van der Waals surface area contributed by atoms with Crippen molar-refractivity contribution in [3.63, 3.8) is 0 Å². The first-order valence-corrected chi connectivity index (χ1v) is 5.41. The van der Waals surface area contributed by atoms with Gasteiger partial charge >= 0.3 is 0 Å². The average molecular weight is 184 g/mol. The first kappa shape index (κ1) is 11.0. The van der Waals surface area contributed by atoms with E-state index >= 15 is 0 Å². The molecule has 2 unspecified atom stereocenters. The lowest BCUT2D eigenvalue weighted by Crippen LogP contribution is -2.39. The fourth-order valence-electron chi connectivity index (χ4n) is 2.21. The summed E-state index contributed by atoms with van der Waals surface area (Å²) in [5.74, 6) is 0.690. The Morgan fingerprint density at radius 1 is 1.23 bits per heavy atom. The van der Waals surface area contributed by atoms with E-state index in [1.165, 1.54) is 6.42 Å². The second kappa shape index (κ2) is 3.27. The maximum Gasteiger partial charge on any atom is 0.0594 e. The zero-order valence-corrected chi connectivity index (χ0v) is 9.72. The Kier molecular flexibility index (Phi) is 2.78. The van der Waals surface area contributed by atoms with Crippen LogP contribution in [0.2, 0.25) is 0 Å². The van der Waals surface area contributed by atoms with Crippen LogP contribution in [0.15, 0.2) is 0 Å². The minimum Gasteiger partial charge on any atom is -0.393 e. The summed E-state index contributed by atoms with van der Waals surface area (Å²) in [5.41, 5.74) is 0.499. The molecular formula is C12H24O. The molecule has 13 heavy (non-hydrogen) atoms. The van der Waals surface area contributed by atoms with Gasteiger partial charge in [0.05, 0.1) is 6.10 Å². The van der Waals surface area contributed by atoms with E-state index in [9.17, 15) is 5.11 Å². The van der Waals surface area contributed by atoms with Gasteiger partial charge in [-0.1, -0.05) is 34.6 Å². The van der Waals surface area contributed by atoms with Crippen molar-refractivity contribution >= 4 is 0 Å². The topological polar surface area (TPSA) is 20.2 Å². The quantitative estimate of drug-likeness (QED) is 0.613. The molecule has 0 saturated heterocycles. The van der Waals surface area contributed by atoms with Gasteiger partial charge < -0.3 is 5.11 Å². The van der Waals surface area contributed by atoms with Gasteiger partial charge in [0.2, 0.25) is 0 Å². The fourth-order valence-corrected chi connectivity index (χ4v) is 2.21. The van der Waals surface area contributed by atoms with Gasteiger partial charge in [0, 0.05) is 0 Å². The van der Waals surface area contributed by atoms with Crippen LogP contribution in [0.4, 0.5) is 0 Å². The largest absolute Gasteiger partial charge is 0.393 e. The lowest BCUT2D eigenvalue weighted by atomic mass is 9.64. The van der Waals surface area contributed by atoms with Crippen LogP contribution in [-0.2, 0) is 0 Å². The minimum atomic E-state index is -0.106. The summed E-state index contributed by atoms with van der Waals surface area (Å²) in [6, 6.07) is 0. The molecule has 0 radical (unpaired) electrons. The summed E-state index contributed by atoms with van der Waals surface area (Å²) in [4.78, 5) is 0. The summed E-state index contributed by atoms with van der Waals surface area (Å²) >= 11 is 0. The molecule has 1 aliphatic carbocycles. The highest BCUT2D eigenvalue weighted by Gasteiger charge is 2.39. The second-order valence-corrected chi connectivity index (χ2v) is 6.34. The molecule has 1 saturated carbocycles. The number of hydrogen-bond acceptors (Lipinski definition) is 1. The molecule has 2 atom stereocenters. The van der Waals surface area contributed by atoms with Crippen molar-refractivity contribution in [1.82, 2.24) is 0 Å². The molecule has 1 rings (SSSR count). The van der Waals surface area contributed by atoms with Gasteiger partial charge in [0.25, 0.3) is 0 Å². The van der Waals surface area contributed by atoms with Crippen molar-refractivity contribution in [1.29, 1.82) is 0 Å². The molecule has 0 aliphatic heterocycles. The lowest BCUT2D eigenvalue weighted by Gasteiger charge is -2.44. The van der Waals surface area contributed by atoms with Gasteiger partial charge in [-0.25, -0.2) is 0 Å². The third-order valence-electron chi connectivity index (χ3n) is 3.77. The normalized spacial score (nSPS) is 34.6. The standard InChI is InChI=1S/C12H24O/c1-11(2,3)9-6-7-12(4,5)10(13)8-9/h9-10,13H,6-8H2,1-5H3. The molecule has 0 spiro atoms. The summed E-state index contributed by atoms with van der Waals surface area (Å²) in [5, 5.41) is 9.97. The van der Waals surface area contributed by atoms with E-state index in [0.29, 0.717) is 11.3 Å². The molecule has 0 heterocycles. The highest BCUT2D eigenvalue weighted by molar-refractivity contribution is 4.89. The minimum absolute atomic E-state index is 0.106. The lowest BCUT2D eigenvalue weighted by molar-refractivity contribution is -0.0315. The third kappa shape index (κ3) is 2.46. The molecule has 0 amide bonds. The van der Waals surface area contributed by atoms with E-state index in [0.717, 1.165) is 12.8 Å². The Bertz CT molecular complexity index is 176. The highest BCUT2D eigenvalue weighted by Crippen LogP contribution is 2.44. The van der Waals surface area contributed by atoms with E-state index in [2.05, 4.69) is 34.6 Å². The van der Waals surface area contributed by atoms with E-state index < -0.39 is 0 Å². The van der Waals surface area contributed by atoms with Gasteiger partial charge in [-0.05, 0) is 36.0 Å². The smallest absolute Gasteiger partial charge is 0.0594 e. The number of rotatable bonds is 0. The molecule has 1 nitrogen and oxygen atoms in total. The Morgan fingerprint density at radius 2 is 1.77 bits per heavy atom. The zero-order valence-electron chi connectivity index (χ0n) is 9.72. The van der Waals surface area contributed by atoms with Crippen LogP contribution >= 0.6 is 0 Å². The van der Waals surface area contributed by atoms with Crippen LogP contribution in [-0.4, -0.2) is 11.2 Å². The molecule has 78 valence electrons. The van der Waals surface area contributed by atoms with Crippen LogP contribution in [0.5, 0.6) is 0 Å². The van der Waals surface area contributed by atoms with Crippen molar-refractivity contribution in [2.24, 2.45) is 16.7 Å². The molecule has 0 bridgehead atoms. The van der Waals surface area contributed by atoms with E-state index in [-0.39, 0.29) is 11.5 Å². The van der Waals surface area contributed by atoms with Crippen LogP contribution in [0.3, 0.4) is 0 Å². The number of hydrogen-bond donors (Lipinski definition) is 1. The molecule has 1 N–H and O–H groups in total. The van der Waals surface area contributed by atoms with Gasteiger partial charge in [-0.2, -0.15) is 0 Å². The monoisotopic (exact) mass is 184 g/mol. The molecule has 0 aromatic rings. The van der Waals surface area contributed by atoms with Crippen molar-refractivity contribution in [3.8, 4) is 0 Å². The fraction of sp³-hybridized carbons (Fsp3) is 1.00. The number of aliphatic hydroxyl groups is 1. The summed E-state index contributed by atoms with van der Waals surface area (Å²) in [6.07, 6.45) is 3.31. The SMILES string of the molecule is CC(C)(C)C1CCC(C)(C)C(O)C1. The Labute approximate surface area is 82.5 Å². The van der Waals surface area contributed by atoms with E-state index in [1.54, 1.807) is 0 Å². The first-order valence-electron chi connectivity index (χ1n) is 5.41. The predicted octanol–water partition coefficient (Wildman–Crippen LogP) is 3.22. The van der Waals surface area contributed by atoms with Gasteiger partial charge in [-0.15, -0.1) is 0 Å². The zero-order chi connectivity index (χ0) is 10.3. The van der Waals surface area contributed by atoms with E-state index in [4.69, 9.17) is 0 Å². The van der Waals surface area contributed by atoms with Gasteiger partial charge in [-0.3, -0.25) is 0 Å². The third-order valence-corrected chi connectivity index (χ3v) is 3.77. The summed E-state index contributed by atoms with van der Waals surface area (Å²) < 4.78 is 0. The van der Waals surface area contributed by atoms with Crippen molar-refractivity contribution in [2.45, 2.75) is 60.0 Å². The first-order chi connectivity index (χ1) is 5.73. The second-order valence-electron chi connectivity index (χ2n) is 6.34. The molecule has 1 aliphatic rings. The van der Waals surface area contributed by atoms with Crippen molar-refractivity contribution < 1.29 is 5.11 Å². The molecule has 0 aromatic carbocycles. The van der Waals surface area contributed by atoms with Gasteiger partial charge in [0.1, 0.15) is 0 Å². The Hall–Kier alpha value is -0.0400. The van der Waals surface area contributed by atoms with Crippen LogP contribution in [0.1, 0.15) is 53.9 Å².